The molecule has 0 aliphatic carbocycles. The molecule has 0 heterocycles. The minimum Gasteiger partial charge on any atom is -0.472 e. The number of methoxy groups -OCH3 is 1. The average Bonchev–Trinajstić information content (AvgIpc) is 2.61. The second-order valence-electron chi connectivity index (χ2n) is 5.15. The molecular formula is C19H19ClO4. The summed E-state index contributed by atoms with van der Waals surface area (Å²) in [7, 11) is 1.31. The Morgan fingerprint density at radius 1 is 1.33 bits per heavy atom. The summed E-state index contributed by atoms with van der Waals surface area (Å²) < 4.78 is 10.8. The lowest BCUT2D eigenvalue weighted by Gasteiger charge is -2.20. The van der Waals surface area contributed by atoms with Crippen LogP contribution in [-0.2, 0) is 22.6 Å². The Kier molecular flexibility index (Phi) is 6.41. The fraction of sp³-hybridized carbons (Fsp3) is 0.211. The highest BCUT2D eigenvalue weighted by Crippen LogP contribution is 2.35. The van der Waals surface area contributed by atoms with Crippen LogP contribution in [0.15, 0.2) is 55.1 Å². The van der Waals surface area contributed by atoms with Crippen molar-refractivity contribution in [2.24, 2.45) is 0 Å². The SMILES string of the molecule is C=CCc1cc(CO)cc(Cl)c1OC(C(=O)OC)c1ccccc1. The number of esters is 1. The number of benzene rings is 2. The molecule has 24 heavy (non-hydrogen) atoms. The molecule has 1 unspecified atom stereocenters. The molecule has 0 radical (unpaired) electrons. The summed E-state index contributed by atoms with van der Waals surface area (Å²) in [5.41, 5.74) is 2.07. The average molecular weight is 347 g/mol. The van der Waals surface area contributed by atoms with Crippen molar-refractivity contribution < 1.29 is 19.4 Å². The molecule has 0 amide bonds. The van der Waals surface area contributed by atoms with Gasteiger partial charge in [-0.3, -0.25) is 0 Å². The topological polar surface area (TPSA) is 55.8 Å². The first-order valence-electron chi connectivity index (χ1n) is 7.43. The van der Waals surface area contributed by atoms with Crippen molar-refractivity contribution in [3.05, 3.63) is 76.8 Å². The number of ether oxygens (including phenoxy) is 2. The van der Waals surface area contributed by atoms with Gasteiger partial charge in [-0.1, -0.05) is 48.0 Å². The molecule has 2 aromatic carbocycles. The van der Waals surface area contributed by atoms with Gasteiger partial charge in [0, 0.05) is 5.56 Å². The Labute approximate surface area is 146 Å². The molecular weight excluding hydrogens is 328 g/mol. The Balaban J connectivity index is 2.45. The molecule has 0 aliphatic rings. The van der Waals surface area contributed by atoms with Crippen LogP contribution in [0, 0.1) is 0 Å². The van der Waals surface area contributed by atoms with Gasteiger partial charge in [-0.15, -0.1) is 6.58 Å². The van der Waals surface area contributed by atoms with Crippen molar-refractivity contribution in [3.8, 4) is 5.75 Å². The molecule has 4 nitrogen and oxygen atoms in total. The number of carbonyl (C=O) groups excluding carboxylic acids is 1. The highest BCUT2D eigenvalue weighted by Gasteiger charge is 2.25. The summed E-state index contributed by atoms with van der Waals surface area (Å²) in [6, 6.07) is 12.4. The van der Waals surface area contributed by atoms with E-state index < -0.39 is 12.1 Å². The van der Waals surface area contributed by atoms with Crippen LogP contribution in [0.2, 0.25) is 5.02 Å². The van der Waals surface area contributed by atoms with Gasteiger partial charge in [-0.25, -0.2) is 4.79 Å². The summed E-state index contributed by atoms with van der Waals surface area (Å²) in [4.78, 5) is 12.2. The fourth-order valence-electron chi connectivity index (χ4n) is 2.35. The highest BCUT2D eigenvalue weighted by molar-refractivity contribution is 6.32. The van der Waals surface area contributed by atoms with E-state index in [-0.39, 0.29) is 6.61 Å². The van der Waals surface area contributed by atoms with Crippen molar-refractivity contribution in [1.29, 1.82) is 0 Å². The van der Waals surface area contributed by atoms with Crippen LogP contribution in [-0.4, -0.2) is 18.2 Å². The first-order valence-corrected chi connectivity index (χ1v) is 7.81. The van der Waals surface area contributed by atoms with Gasteiger partial charge >= 0.3 is 5.97 Å². The number of carbonyl (C=O) groups is 1. The van der Waals surface area contributed by atoms with E-state index in [2.05, 4.69) is 6.58 Å². The van der Waals surface area contributed by atoms with Crippen molar-refractivity contribution >= 4 is 17.6 Å². The van der Waals surface area contributed by atoms with Crippen LogP contribution in [0.4, 0.5) is 0 Å². The third-order valence-corrected chi connectivity index (χ3v) is 3.76. The van der Waals surface area contributed by atoms with Crippen LogP contribution in [0.5, 0.6) is 5.75 Å². The quantitative estimate of drug-likeness (QED) is 0.611. The van der Waals surface area contributed by atoms with Gasteiger partial charge in [0.1, 0.15) is 5.75 Å². The zero-order chi connectivity index (χ0) is 17.5. The predicted molar refractivity (Wildman–Crippen MR) is 93.1 cm³/mol. The Morgan fingerprint density at radius 2 is 2.04 bits per heavy atom. The van der Waals surface area contributed by atoms with Crippen LogP contribution in [0.25, 0.3) is 0 Å². The molecule has 2 rings (SSSR count). The standard InChI is InChI=1S/C19H19ClO4/c1-3-7-15-10-13(12-21)11-16(20)17(15)24-18(19(22)23-2)14-8-5-4-6-9-14/h3-6,8-11,18,21H,1,7,12H2,2H3. The molecule has 0 aliphatic heterocycles. The third-order valence-electron chi connectivity index (χ3n) is 3.48. The lowest BCUT2D eigenvalue weighted by molar-refractivity contribution is -0.149. The van der Waals surface area contributed by atoms with Gasteiger partial charge < -0.3 is 14.6 Å². The van der Waals surface area contributed by atoms with Crippen molar-refractivity contribution in [2.45, 2.75) is 19.1 Å². The highest BCUT2D eigenvalue weighted by atomic mass is 35.5. The third kappa shape index (κ3) is 4.16. The lowest BCUT2D eigenvalue weighted by atomic mass is 10.1. The van der Waals surface area contributed by atoms with E-state index in [1.54, 1.807) is 30.3 Å². The summed E-state index contributed by atoms with van der Waals surface area (Å²) in [6.45, 7) is 3.58. The molecule has 0 aromatic heterocycles. The van der Waals surface area contributed by atoms with Crippen LogP contribution in [0.1, 0.15) is 22.8 Å². The van der Waals surface area contributed by atoms with Crippen LogP contribution < -0.4 is 4.74 Å². The second kappa shape index (κ2) is 8.52. The van der Waals surface area contributed by atoms with Crippen molar-refractivity contribution in [2.75, 3.05) is 7.11 Å². The lowest BCUT2D eigenvalue weighted by Crippen LogP contribution is -2.21. The van der Waals surface area contributed by atoms with Gasteiger partial charge in [-0.2, -0.15) is 0 Å². The maximum Gasteiger partial charge on any atom is 0.351 e. The minimum atomic E-state index is -0.933. The van der Waals surface area contributed by atoms with Crippen molar-refractivity contribution in [1.82, 2.24) is 0 Å². The normalized spacial score (nSPS) is 11.6. The Bertz CT molecular complexity index is 713. The number of hydrogen-bond donors (Lipinski definition) is 1. The summed E-state index contributed by atoms with van der Waals surface area (Å²) in [5, 5.41) is 9.65. The largest absolute Gasteiger partial charge is 0.472 e. The predicted octanol–water partition coefficient (Wildman–Crippen LogP) is 3.85. The molecule has 2 aromatic rings. The van der Waals surface area contributed by atoms with Crippen molar-refractivity contribution in [3.63, 3.8) is 0 Å². The minimum absolute atomic E-state index is 0.136. The molecule has 0 spiro atoms. The first kappa shape index (κ1) is 18.0. The first-order chi connectivity index (χ1) is 11.6. The maximum absolute atomic E-state index is 12.2. The van der Waals surface area contributed by atoms with E-state index in [1.165, 1.54) is 7.11 Å². The number of halogens is 1. The van der Waals surface area contributed by atoms with Gasteiger partial charge in [0.15, 0.2) is 0 Å². The zero-order valence-corrected chi connectivity index (χ0v) is 14.1. The summed E-state index contributed by atoms with van der Waals surface area (Å²) in [5.74, 6) is -0.138. The van der Waals surface area contributed by atoms with Crippen LogP contribution in [0.3, 0.4) is 0 Å². The second-order valence-corrected chi connectivity index (χ2v) is 5.56. The molecule has 0 fully saturated rings. The molecule has 0 bridgehead atoms. The smallest absolute Gasteiger partial charge is 0.351 e. The van der Waals surface area contributed by atoms with Gasteiger partial charge in [0.05, 0.1) is 18.7 Å². The molecule has 0 saturated heterocycles. The van der Waals surface area contributed by atoms with E-state index >= 15 is 0 Å². The number of allylic oxidation sites excluding steroid dienone is 1. The Morgan fingerprint density at radius 3 is 2.62 bits per heavy atom. The van der Waals surface area contributed by atoms with E-state index in [0.717, 1.165) is 5.56 Å². The zero-order valence-electron chi connectivity index (χ0n) is 13.4. The number of rotatable bonds is 7. The van der Waals surface area contributed by atoms with Gasteiger partial charge in [0.2, 0.25) is 6.10 Å². The molecule has 126 valence electrons. The van der Waals surface area contributed by atoms with Gasteiger partial charge in [0.25, 0.3) is 0 Å². The van der Waals surface area contributed by atoms with Crippen LogP contribution >= 0.6 is 11.6 Å². The summed E-state index contributed by atoms with van der Waals surface area (Å²) in [6.07, 6.45) is 1.26. The number of hydrogen-bond acceptors (Lipinski definition) is 4. The van der Waals surface area contributed by atoms with E-state index in [1.807, 2.05) is 18.2 Å². The maximum atomic E-state index is 12.2. The van der Waals surface area contributed by atoms with Gasteiger partial charge in [-0.05, 0) is 29.7 Å². The monoisotopic (exact) mass is 346 g/mol. The number of aliphatic hydroxyl groups is 1. The number of aliphatic hydroxyl groups excluding tert-OH is 1. The molecule has 1 atom stereocenters. The molecule has 0 saturated carbocycles. The molecule has 1 N–H and O–H groups in total. The summed E-state index contributed by atoms with van der Waals surface area (Å²) >= 11 is 6.31. The molecule has 5 heteroatoms. The van der Waals surface area contributed by atoms with E-state index in [4.69, 9.17) is 21.1 Å². The Hall–Kier alpha value is -2.30. The van der Waals surface area contributed by atoms with E-state index in [0.29, 0.717) is 28.3 Å². The van der Waals surface area contributed by atoms with E-state index in [9.17, 15) is 9.90 Å². The fourth-order valence-corrected chi connectivity index (χ4v) is 2.65.